The zero-order valence-corrected chi connectivity index (χ0v) is 18.1. The molecule has 0 unspecified atom stereocenters. The van der Waals surface area contributed by atoms with Crippen molar-refractivity contribution in [2.45, 2.75) is 52.5 Å². The van der Waals surface area contributed by atoms with E-state index in [9.17, 15) is 18.0 Å². The van der Waals surface area contributed by atoms with Crippen molar-refractivity contribution in [3.8, 4) is 0 Å². The molecule has 0 bridgehead atoms. The largest absolute Gasteiger partial charge is 0.385 e. The number of hydrogen-bond acceptors (Lipinski definition) is 2. The molecule has 7 heteroatoms. The fraction of sp³-hybridized carbons (Fsp3) is 0.435. The minimum Gasteiger partial charge on any atom is -0.385 e. The lowest BCUT2D eigenvalue weighted by Gasteiger charge is -2.29. The van der Waals surface area contributed by atoms with Crippen LogP contribution in [-0.4, -0.2) is 18.5 Å². The van der Waals surface area contributed by atoms with E-state index in [2.05, 4.69) is 42.7 Å². The van der Waals surface area contributed by atoms with E-state index in [4.69, 9.17) is 11.6 Å². The molecule has 2 aromatic carbocycles. The number of halogens is 4. The first kappa shape index (κ1) is 22.5. The molecule has 1 saturated carbocycles. The minimum absolute atomic E-state index is 0.153. The maximum atomic E-state index is 14.3. The molecule has 0 aromatic heterocycles. The van der Waals surface area contributed by atoms with Crippen molar-refractivity contribution in [2.75, 3.05) is 11.9 Å². The fourth-order valence-corrected chi connectivity index (χ4v) is 4.08. The standard InChI is InChI=1S/C23H26ClF3N2O/c1-12-4-7-17(10-13(12)2)28-11-15-5-8-16(9-6-15)29-23(30)18-19(24)22(27)21(26)14(3)20(18)25/h4,7,10,15-16,28H,5-6,8-9,11H2,1-3H3,(H,29,30). The summed E-state index contributed by atoms with van der Waals surface area (Å²) in [5, 5.41) is 5.37. The van der Waals surface area contributed by atoms with Crippen LogP contribution in [0.1, 0.15) is 52.7 Å². The third-order valence-corrected chi connectivity index (χ3v) is 6.35. The van der Waals surface area contributed by atoms with Gasteiger partial charge in [0.2, 0.25) is 0 Å². The topological polar surface area (TPSA) is 41.1 Å². The van der Waals surface area contributed by atoms with Crippen molar-refractivity contribution in [1.29, 1.82) is 0 Å². The Kier molecular flexibility index (Phi) is 6.96. The van der Waals surface area contributed by atoms with Gasteiger partial charge in [0.15, 0.2) is 11.6 Å². The smallest absolute Gasteiger partial charge is 0.256 e. The van der Waals surface area contributed by atoms with Gasteiger partial charge in [-0.2, -0.15) is 0 Å². The highest BCUT2D eigenvalue weighted by molar-refractivity contribution is 6.34. The molecule has 2 aromatic rings. The quantitative estimate of drug-likeness (QED) is 0.438. The molecule has 0 heterocycles. The van der Waals surface area contributed by atoms with Gasteiger partial charge in [-0.15, -0.1) is 0 Å². The molecule has 1 fully saturated rings. The molecule has 30 heavy (non-hydrogen) atoms. The van der Waals surface area contributed by atoms with E-state index in [0.717, 1.165) is 44.8 Å². The molecule has 1 amide bonds. The molecule has 1 aliphatic carbocycles. The number of aryl methyl sites for hydroxylation is 2. The number of rotatable bonds is 5. The van der Waals surface area contributed by atoms with Crippen LogP contribution in [0.15, 0.2) is 18.2 Å². The summed E-state index contributed by atoms with van der Waals surface area (Å²) in [6, 6.07) is 6.13. The van der Waals surface area contributed by atoms with E-state index in [-0.39, 0.29) is 6.04 Å². The summed E-state index contributed by atoms with van der Waals surface area (Å²) >= 11 is 5.71. The van der Waals surface area contributed by atoms with Gasteiger partial charge in [-0.3, -0.25) is 4.79 Å². The molecular formula is C23H26ClF3N2O. The molecule has 2 N–H and O–H groups in total. The average molecular weight is 439 g/mol. The Labute approximate surface area is 180 Å². The van der Waals surface area contributed by atoms with Gasteiger partial charge in [-0.25, -0.2) is 13.2 Å². The molecule has 0 spiro atoms. The van der Waals surface area contributed by atoms with Crippen molar-refractivity contribution in [3.63, 3.8) is 0 Å². The first-order chi connectivity index (χ1) is 14.2. The van der Waals surface area contributed by atoms with Crippen LogP contribution in [0.4, 0.5) is 18.9 Å². The van der Waals surface area contributed by atoms with Crippen molar-refractivity contribution in [1.82, 2.24) is 5.32 Å². The van der Waals surface area contributed by atoms with Crippen LogP contribution < -0.4 is 10.6 Å². The summed E-state index contributed by atoms with van der Waals surface area (Å²) in [6.45, 7) is 6.08. The van der Waals surface area contributed by atoms with E-state index in [1.54, 1.807) is 0 Å². The predicted molar refractivity (Wildman–Crippen MR) is 114 cm³/mol. The second-order valence-electron chi connectivity index (χ2n) is 8.13. The van der Waals surface area contributed by atoms with E-state index in [1.807, 2.05) is 0 Å². The highest BCUT2D eigenvalue weighted by atomic mass is 35.5. The van der Waals surface area contributed by atoms with E-state index in [1.165, 1.54) is 11.1 Å². The van der Waals surface area contributed by atoms with Crippen LogP contribution in [0.3, 0.4) is 0 Å². The van der Waals surface area contributed by atoms with Crippen molar-refractivity contribution in [2.24, 2.45) is 5.92 Å². The number of nitrogens with one attached hydrogen (secondary N) is 2. The summed E-state index contributed by atoms with van der Waals surface area (Å²) in [7, 11) is 0. The van der Waals surface area contributed by atoms with Crippen LogP contribution in [-0.2, 0) is 0 Å². The van der Waals surface area contributed by atoms with Gasteiger partial charge in [0.25, 0.3) is 5.91 Å². The zero-order chi connectivity index (χ0) is 22.0. The maximum absolute atomic E-state index is 14.3. The third-order valence-electron chi connectivity index (χ3n) is 5.99. The Bertz CT molecular complexity index is 927. The summed E-state index contributed by atoms with van der Waals surface area (Å²) in [4.78, 5) is 12.5. The normalized spacial score (nSPS) is 18.9. The number of benzene rings is 2. The molecule has 3 rings (SSSR count). The highest BCUT2D eigenvalue weighted by Crippen LogP contribution is 2.30. The summed E-state index contributed by atoms with van der Waals surface area (Å²) in [5.41, 5.74) is 2.40. The van der Waals surface area contributed by atoms with Crippen LogP contribution >= 0.6 is 11.6 Å². The summed E-state index contributed by atoms with van der Waals surface area (Å²) in [5.74, 6) is -4.24. The van der Waals surface area contributed by atoms with Crippen molar-refractivity contribution in [3.05, 3.63) is 62.9 Å². The van der Waals surface area contributed by atoms with E-state index >= 15 is 0 Å². The molecular weight excluding hydrogens is 413 g/mol. The van der Waals surface area contributed by atoms with Gasteiger partial charge in [-0.05, 0) is 75.6 Å². The molecule has 1 aliphatic rings. The second-order valence-corrected chi connectivity index (χ2v) is 8.50. The van der Waals surface area contributed by atoms with Gasteiger partial charge in [-0.1, -0.05) is 17.7 Å². The summed E-state index contributed by atoms with van der Waals surface area (Å²) in [6.07, 6.45) is 3.26. The Morgan fingerprint density at radius 3 is 2.30 bits per heavy atom. The Morgan fingerprint density at radius 1 is 1.00 bits per heavy atom. The molecule has 0 radical (unpaired) electrons. The molecule has 162 valence electrons. The number of carbonyl (C=O) groups is 1. The molecule has 0 saturated heterocycles. The van der Waals surface area contributed by atoms with Crippen molar-refractivity contribution < 1.29 is 18.0 Å². The maximum Gasteiger partial charge on any atom is 0.256 e. The first-order valence-electron chi connectivity index (χ1n) is 10.1. The Morgan fingerprint density at radius 2 is 1.67 bits per heavy atom. The molecule has 0 atom stereocenters. The first-order valence-corrected chi connectivity index (χ1v) is 10.5. The Balaban J connectivity index is 1.55. The number of hydrogen-bond donors (Lipinski definition) is 2. The lowest BCUT2D eigenvalue weighted by atomic mass is 9.85. The lowest BCUT2D eigenvalue weighted by molar-refractivity contribution is 0.0918. The van der Waals surface area contributed by atoms with Crippen LogP contribution in [0.25, 0.3) is 0 Å². The molecule has 3 nitrogen and oxygen atoms in total. The Hall–Kier alpha value is -2.21. The molecule has 0 aliphatic heterocycles. The van der Waals surface area contributed by atoms with E-state index < -0.39 is 39.5 Å². The van der Waals surface area contributed by atoms with Gasteiger partial charge in [0.1, 0.15) is 5.82 Å². The van der Waals surface area contributed by atoms with Crippen LogP contribution in [0.2, 0.25) is 5.02 Å². The SMILES string of the molecule is Cc1ccc(NCC2CCC(NC(=O)c3c(F)c(C)c(F)c(F)c3Cl)CC2)cc1C. The number of anilines is 1. The van der Waals surface area contributed by atoms with Gasteiger partial charge >= 0.3 is 0 Å². The van der Waals surface area contributed by atoms with Crippen LogP contribution in [0, 0.1) is 44.1 Å². The monoisotopic (exact) mass is 438 g/mol. The van der Waals surface area contributed by atoms with E-state index in [0.29, 0.717) is 5.92 Å². The average Bonchev–Trinajstić information content (AvgIpc) is 2.73. The summed E-state index contributed by atoms with van der Waals surface area (Å²) < 4.78 is 41.8. The van der Waals surface area contributed by atoms with Gasteiger partial charge in [0.05, 0.1) is 10.6 Å². The predicted octanol–water partition coefficient (Wildman–Crippen LogP) is 6.08. The minimum atomic E-state index is -1.40. The number of carbonyl (C=O) groups excluding carboxylic acids is 1. The second kappa shape index (κ2) is 9.29. The number of amides is 1. The van der Waals surface area contributed by atoms with Gasteiger partial charge in [0, 0.05) is 23.8 Å². The lowest BCUT2D eigenvalue weighted by Crippen LogP contribution is -2.39. The van der Waals surface area contributed by atoms with Crippen LogP contribution in [0.5, 0.6) is 0 Å². The third kappa shape index (κ3) is 4.75. The zero-order valence-electron chi connectivity index (χ0n) is 17.3. The van der Waals surface area contributed by atoms with Crippen molar-refractivity contribution >= 4 is 23.2 Å². The fourth-order valence-electron chi connectivity index (χ4n) is 3.83. The van der Waals surface area contributed by atoms with Gasteiger partial charge < -0.3 is 10.6 Å². The highest BCUT2D eigenvalue weighted by Gasteiger charge is 2.29.